The third kappa shape index (κ3) is 5.93. The zero-order valence-corrected chi connectivity index (χ0v) is 23.3. The minimum absolute atomic E-state index is 0.0707. The monoisotopic (exact) mass is 568 g/mol. The number of aryl methyl sites for hydroxylation is 2. The molecule has 0 unspecified atom stereocenters. The molecule has 10 heteroatoms. The van der Waals surface area contributed by atoms with Crippen molar-refractivity contribution >= 4 is 51.0 Å². The lowest BCUT2D eigenvalue weighted by molar-refractivity contribution is -0.119. The van der Waals surface area contributed by atoms with Crippen LogP contribution in [0.25, 0.3) is 5.69 Å². The lowest BCUT2D eigenvalue weighted by Crippen LogP contribution is -2.39. The summed E-state index contributed by atoms with van der Waals surface area (Å²) in [6.45, 7) is 5.26. The summed E-state index contributed by atoms with van der Waals surface area (Å²) in [7, 11) is -4.04. The Kier molecular flexibility index (Phi) is 8.26. The van der Waals surface area contributed by atoms with Gasteiger partial charge in [-0.25, -0.2) is 13.8 Å². The standard InChI is InChI=1S/C28H26Cl2N4O3S/c1-19-8-14-25(15-9-19)38(36,37)33(24-12-10-23(29)11-13-24)18-28(35)32-31-17-22-16-20(2)34(21(22)3)27-7-5-4-6-26(27)30/h4-17H,18H2,1-3H3,(H,32,35)/b31-17+. The number of hydrazone groups is 1. The maximum atomic E-state index is 13.5. The van der Waals surface area contributed by atoms with Crippen molar-refractivity contribution in [3.8, 4) is 5.69 Å². The van der Waals surface area contributed by atoms with Gasteiger partial charge in [0.1, 0.15) is 6.54 Å². The molecule has 0 saturated heterocycles. The van der Waals surface area contributed by atoms with E-state index in [0.717, 1.165) is 32.5 Å². The quantitative estimate of drug-likeness (QED) is 0.207. The van der Waals surface area contributed by atoms with E-state index in [1.165, 1.54) is 18.3 Å². The molecule has 7 nitrogen and oxygen atoms in total. The first-order valence-corrected chi connectivity index (χ1v) is 13.9. The molecule has 4 rings (SSSR count). The molecule has 1 N–H and O–H groups in total. The van der Waals surface area contributed by atoms with Crippen LogP contribution >= 0.6 is 23.2 Å². The molecule has 38 heavy (non-hydrogen) atoms. The molecule has 0 fully saturated rings. The van der Waals surface area contributed by atoms with Crippen molar-refractivity contribution in [2.75, 3.05) is 10.8 Å². The molecule has 4 aromatic rings. The van der Waals surface area contributed by atoms with Crippen LogP contribution in [0.4, 0.5) is 5.69 Å². The molecule has 0 spiro atoms. The fraction of sp³-hybridized carbons (Fsp3) is 0.143. The van der Waals surface area contributed by atoms with Gasteiger partial charge in [0.2, 0.25) is 0 Å². The van der Waals surface area contributed by atoms with Crippen molar-refractivity contribution in [1.82, 2.24) is 9.99 Å². The number of carbonyl (C=O) groups is 1. The minimum Gasteiger partial charge on any atom is -0.316 e. The maximum absolute atomic E-state index is 13.5. The van der Waals surface area contributed by atoms with Gasteiger partial charge in [0.25, 0.3) is 15.9 Å². The SMILES string of the molecule is Cc1ccc(S(=O)(=O)N(CC(=O)N/N=C/c2cc(C)n(-c3ccccc3Cl)c2C)c2ccc(Cl)cc2)cc1. The number of benzene rings is 3. The Bertz CT molecular complexity index is 1600. The molecule has 196 valence electrons. The second kappa shape index (κ2) is 11.4. The first-order valence-electron chi connectivity index (χ1n) is 11.7. The van der Waals surface area contributed by atoms with Crippen LogP contribution in [0.3, 0.4) is 0 Å². The van der Waals surface area contributed by atoms with Gasteiger partial charge < -0.3 is 4.57 Å². The van der Waals surface area contributed by atoms with Crippen molar-refractivity contribution in [2.45, 2.75) is 25.7 Å². The molecular formula is C28H26Cl2N4O3S. The summed E-state index contributed by atoms with van der Waals surface area (Å²) < 4.78 is 30.0. The number of carbonyl (C=O) groups excluding carboxylic acids is 1. The van der Waals surface area contributed by atoms with Gasteiger partial charge >= 0.3 is 0 Å². The molecule has 0 aliphatic rings. The van der Waals surface area contributed by atoms with Crippen LogP contribution in [-0.2, 0) is 14.8 Å². The summed E-state index contributed by atoms with van der Waals surface area (Å²) in [5.41, 5.74) is 7.12. The Labute approximate surface area is 232 Å². The highest BCUT2D eigenvalue weighted by Crippen LogP contribution is 2.27. The number of halogens is 2. The van der Waals surface area contributed by atoms with Crippen molar-refractivity contribution in [1.29, 1.82) is 0 Å². The topological polar surface area (TPSA) is 83.8 Å². The van der Waals surface area contributed by atoms with E-state index in [-0.39, 0.29) is 4.90 Å². The predicted molar refractivity (Wildman–Crippen MR) is 153 cm³/mol. The highest BCUT2D eigenvalue weighted by atomic mass is 35.5. The number of hydrogen-bond donors (Lipinski definition) is 1. The summed E-state index contributed by atoms with van der Waals surface area (Å²) in [6.07, 6.45) is 1.52. The number of anilines is 1. The van der Waals surface area contributed by atoms with E-state index >= 15 is 0 Å². The Morgan fingerprint density at radius 2 is 1.63 bits per heavy atom. The van der Waals surface area contributed by atoms with Gasteiger partial charge in [-0.3, -0.25) is 9.10 Å². The summed E-state index contributed by atoms with van der Waals surface area (Å²) in [6, 6.07) is 22.1. The second-order valence-corrected chi connectivity index (χ2v) is 11.4. The van der Waals surface area contributed by atoms with Gasteiger partial charge in [-0.1, -0.05) is 53.0 Å². The number of hydrogen-bond acceptors (Lipinski definition) is 4. The van der Waals surface area contributed by atoms with Crippen LogP contribution in [0.5, 0.6) is 0 Å². The number of nitrogens with one attached hydrogen (secondary N) is 1. The summed E-state index contributed by atoms with van der Waals surface area (Å²) in [4.78, 5) is 12.9. The first kappa shape index (κ1) is 27.4. The van der Waals surface area contributed by atoms with Crippen LogP contribution in [0.15, 0.2) is 88.9 Å². The average molecular weight is 570 g/mol. The Morgan fingerprint density at radius 3 is 2.29 bits per heavy atom. The molecule has 0 saturated carbocycles. The normalized spacial score (nSPS) is 11.6. The van der Waals surface area contributed by atoms with E-state index < -0.39 is 22.5 Å². The number of amides is 1. The Morgan fingerprint density at radius 1 is 0.974 bits per heavy atom. The summed E-state index contributed by atoms with van der Waals surface area (Å²) >= 11 is 12.4. The molecule has 0 aliphatic carbocycles. The van der Waals surface area contributed by atoms with Gasteiger partial charge in [0, 0.05) is 22.0 Å². The number of sulfonamides is 1. The molecule has 1 aromatic heterocycles. The van der Waals surface area contributed by atoms with Gasteiger partial charge in [-0.15, -0.1) is 0 Å². The molecule has 0 radical (unpaired) electrons. The molecule has 3 aromatic carbocycles. The Hall–Kier alpha value is -3.59. The number of aromatic nitrogens is 1. The van der Waals surface area contributed by atoms with Crippen LogP contribution < -0.4 is 9.73 Å². The van der Waals surface area contributed by atoms with Gasteiger partial charge in [-0.05, 0) is 75.4 Å². The molecule has 0 aliphatic heterocycles. The average Bonchev–Trinajstić information content (AvgIpc) is 3.16. The molecule has 1 heterocycles. The van der Waals surface area contributed by atoms with E-state index in [0.29, 0.717) is 15.7 Å². The first-order chi connectivity index (χ1) is 18.1. The zero-order chi connectivity index (χ0) is 27.4. The summed E-state index contributed by atoms with van der Waals surface area (Å²) in [5.74, 6) is -0.605. The zero-order valence-electron chi connectivity index (χ0n) is 21.0. The highest BCUT2D eigenvalue weighted by Gasteiger charge is 2.27. The van der Waals surface area contributed by atoms with Crippen LogP contribution in [-0.4, -0.2) is 31.7 Å². The van der Waals surface area contributed by atoms with Crippen molar-refractivity contribution < 1.29 is 13.2 Å². The number of rotatable bonds is 8. The fourth-order valence-corrected chi connectivity index (χ4v) is 5.79. The van der Waals surface area contributed by atoms with E-state index in [1.807, 2.05) is 55.7 Å². The van der Waals surface area contributed by atoms with E-state index in [2.05, 4.69) is 10.5 Å². The van der Waals surface area contributed by atoms with E-state index in [4.69, 9.17) is 23.2 Å². The third-order valence-corrected chi connectivity index (χ3v) is 8.33. The van der Waals surface area contributed by atoms with Gasteiger partial charge in [0.05, 0.1) is 27.5 Å². The largest absolute Gasteiger partial charge is 0.316 e. The van der Waals surface area contributed by atoms with Crippen LogP contribution in [0, 0.1) is 20.8 Å². The highest BCUT2D eigenvalue weighted by molar-refractivity contribution is 7.92. The Balaban J connectivity index is 1.56. The minimum atomic E-state index is -4.04. The van der Waals surface area contributed by atoms with Gasteiger partial charge in [0.15, 0.2) is 0 Å². The number of para-hydroxylation sites is 1. The van der Waals surface area contributed by atoms with Crippen LogP contribution in [0.2, 0.25) is 10.0 Å². The molecule has 0 atom stereocenters. The van der Waals surface area contributed by atoms with Crippen molar-refractivity contribution in [3.05, 3.63) is 111 Å². The molecule has 0 bridgehead atoms. The van der Waals surface area contributed by atoms with E-state index in [9.17, 15) is 13.2 Å². The number of nitrogens with zero attached hydrogens (tertiary/aromatic N) is 3. The summed E-state index contributed by atoms with van der Waals surface area (Å²) in [5, 5.41) is 5.15. The van der Waals surface area contributed by atoms with E-state index in [1.54, 1.807) is 36.4 Å². The molecule has 1 amide bonds. The predicted octanol–water partition coefficient (Wildman–Crippen LogP) is 6.05. The lowest BCUT2D eigenvalue weighted by atomic mass is 10.2. The van der Waals surface area contributed by atoms with Crippen LogP contribution in [0.1, 0.15) is 22.5 Å². The fourth-order valence-electron chi connectivity index (χ4n) is 4.02. The third-order valence-electron chi connectivity index (χ3n) is 5.97. The smallest absolute Gasteiger partial charge is 0.264 e. The maximum Gasteiger partial charge on any atom is 0.264 e. The second-order valence-electron chi connectivity index (χ2n) is 8.71. The van der Waals surface area contributed by atoms with Gasteiger partial charge in [-0.2, -0.15) is 5.10 Å². The lowest BCUT2D eigenvalue weighted by Gasteiger charge is -2.23. The van der Waals surface area contributed by atoms with Crippen molar-refractivity contribution in [3.63, 3.8) is 0 Å². The molecular weight excluding hydrogens is 543 g/mol. The van der Waals surface area contributed by atoms with Crippen molar-refractivity contribution in [2.24, 2.45) is 5.10 Å².